The van der Waals surface area contributed by atoms with Gasteiger partial charge in [0.1, 0.15) is 5.69 Å². The average Bonchev–Trinajstić information content (AvgIpc) is 2.85. The number of anilines is 1. The molecule has 1 fully saturated rings. The van der Waals surface area contributed by atoms with Crippen LogP contribution in [0.1, 0.15) is 61.1 Å². The van der Waals surface area contributed by atoms with E-state index in [0.29, 0.717) is 17.1 Å². The Balaban J connectivity index is 1.69. The molecule has 1 atom stereocenters. The Kier molecular flexibility index (Phi) is 8.88. The first-order valence-electron chi connectivity index (χ1n) is 12.0. The van der Waals surface area contributed by atoms with Gasteiger partial charge in [-0.05, 0) is 69.8 Å². The standard InChI is InChI=1S/C29H35FN4O/c1-19(16-20(2)27(10-13-32-5)29-28(30)17-26(31)18-33-29)21(3)34-14-11-25(12-15-34)24-8-6-23(7-9-24)22(4)35/h6-10,13,16-18,21,25H,2,11-12,14-15,31H2,1,3-5H3/b19-16+,27-10+,32-13?. The van der Waals surface area contributed by atoms with Crippen LogP contribution in [0.5, 0.6) is 0 Å². The zero-order valence-corrected chi connectivity index (χ0v) is 21.1. The van der Waals surface area contributed by atoms with Gasteiger partial charge in [0.05, 0.1) is 11.9 Å². The molecule has 1 aromatic heterocycles. The van der Waals surface area contributed by atoms with Gasteiger partial charge in [0.15, 0.2) is 11.6 Å². The number of nitrogens with zero attached hydrogens (tertiary/aromatic N) is 3. The quantitative estimate of drug-likeness (QED) is 0.295. The molecule has 0 aliphatic carbocycles. The van der Waals surface area contributed by atoms with E-state index in [1.165, 1.54) is 17.8 Å². The van der Waals surface area contributed by atoms with Crippen molar-refractivity contribution in [1.82, 2.24) is 9.88 Å². The third kappa shape index (κ3) is 6.61. The summed E-state index contributed by atoms with van der Waals surface area (Å²) in [5.41, 5.74) is 10.6. The Hall–Kier alpha value is -3.38. The van der Waals surface area contributed by atoms with Crippen molar-refractivity contribution in [3.05, 3.63) is 89.0 Å². The topological polar surface area (TPSA) is 71.6 Å². The van der Waals surface area contributed by atoms with Crippen molar-refractivity contribution in [3.63, 3.8) is 0 Å². The SMILES string of the molecule is C=C(/C=C(\C)C(C)N1CCC(c2ccc(C(C)=O)cc2)CC1)/C(=C\C=NC)c1ncc(N)cc1F. The van der Waals surface area contributed by atoms with Crippen LogP contribution in [0.3, 0.4) is 0 Å². The Morgan fingerprint density at radius 3 is 2.49 bits per heavy atom. The number of halogens is 1. The third-order valence-corrected chi connectivity index (χ3v) is 6.78. The molecule has 0 bridgehead atoms. The normalized spacial score (nSPS) is 17.1. The molecule has 0 spiro atoms. The number of likely N-dealkylation sites (tertiary alicyclic amines) is 1. The molecule has 35 heavy (non-hydrogen) atoms. The average molecular weight is 475 g/mol. The van der Waals surface area contributed by atoms with Crippen LogP contribution in [0, 0.1) is 5.82 Å². The van der Waals surface area contributed by atoms with E-state index in [2.05, 4.69) is 47.4 Å². The van der Waals surface area contributed by atoms with Gasteiger partial charge in [-0.1, -0.05) is 42.5 Å². The first kappa shape index (κ1) is 26.2. The minimum atomic E-state index is -0.487. The van der Waals surface area contributed by atoms with Gasteiger partial charge in [-0.3, -0.25) is 19.7 Å². The minimum Gasteiger partial charge on any atom is -0.397 e. The van der Waals surface area contributed by atoms with E-state index in [9.17, 15) is 9.18 Å². The highest BCUT2D eigenvalue weighted by Gasteiger charge is 2.25. The molecule has 184 valence electrons. The van der Waals surface area contributed by atoms with Gasteiger partial charge in [-0.15, -0.1) is 0 Å². The molecule has 6 heteroatoms. The lowest BCUT2D eigenvalue weighted by Gasteiger charge is -2.37. The van der Waals surface area contributed by atoms with E-state index in [1.54, 1.807) is 26.3 Å². The van der Waals surface area contributed by atoms with Crippen LogP contribution in [-0.4, -0.2) is 48.1 Å². The summed E-state index contributed by atoms with van der Waals surface area (Å²) in [6, 6.07) is 9.53. The number of Topliss-reactive ketones (excluding diaryl/α,β-unsaturated/α-hetero) is 1. The molecule has 2 N–H and O–H groups in total. The maximum atomic E-state index is 14.6. The van der Waals surface area contributed by atoms with E-state index in [0.717, 1.165) is 37.1 Å². The first-order valence-corrected chi connectivity index (χ1v) is 12.0. The summed E-state index contributed by atoms with van der Waals surface area (Å²) in [5.74, 6) is 0.111. The van der Waals surface area contributed by atoms with E-state index in [-0.39, 0.29) is 23.2 Å². The van der Waals surface area contributed by atoms with Crippen LogP contribution in [0.25, 0.3) is 5.57 Å². The van der Waals surface area contributed by atoms with Gasteiger partial charge >= 0.3 is 0 Å². The molecule has 0 amide bonds. The summed E-state index contributed by atoms with van der Waals surface area (Å²) in [6.07, 6.45) is 8.91. The number of nitrogen functional groups attached to an aromatic ring is 1. The summed E-state index contributed by atoms with van der Waals surface area (Å²) < 4.78 is 14.6. The fourth-order valence-corrected chi connectivity index (χ4v) is 4.51. The third-order valence-electron chi connectivity index (χ3n) is 6.78. The second-order valence-electron chi connectivity index (χ2n) is 9.16. The number of ketones is 1. The van der Waals surface area contributed by atoms with Crippen molar-refractivity contribution in [3.8, 4) is 0 Å². The number of carbonyl (C=O) groups excluding carboxylic acids is 1. The molecule has 1 unspecified atom stereocenters. The number of aliphatic imine (C=N–C) groups is 1. The lowest BCUT2D eigenvalue weighted by Crippen LogP contribution is -2.40. The predicted octanol–water partition coefficient (Wildman–Crippen LogP) is 5.86. The highest BCUT2D eigenvalue weighted by Crippen LogP contribution is 2.31. The molecule has 3 rings (SSSR count). The number of aromatic nitrogens is 1. The van der Waals surface area contributed by atoms with Crippen molar-refractivity contribution in [2.75, 3.05) is 25.9 Å². The fourth-order valence-electron chi connectivity index (χ4n) is 4.51. The molecular formula is C29H35FN4O. The minimum absolute atomic E-state index is 0.0962. The molecular weight excluding hydrogens is 439 g/mol. The maximum Gasteiger partial charge on any atom is 0.159 e. The zero-order valence-electron chi connectivity index (χ0n) is 21.1. The fraction of sp³-hybridized carbons (Fsp3) is 0.345. The number of nitrogens with two attached hydrogens (primary N) is 1. The monoisotopic (exact) mass is 474 g/mol. The highest BCUT2D eigenvalue weighted by molar-refractivity contribution is 5.94. The second kappa shape index (κ2) is 11.8. The largest absolute Gasteiger partial charge is 0.397 e. The molecule has 5 nitrogen and oxygen atoms in total. The van der Waals surface area contributed by atoms with Crippen molar-refractivity contribution < 1.29 is 9.18 Å². The van der Waals surface area contributed by atoms with Crippen LogP contribution in [0.2, 0.25) is 0 Å². The number of hydrogen-bond acceptors (Lipinski definition) is 5. The summed E-state index contributed by atoms with van der Waals surface area (Å²) in [5, 5.41) is 0. The molecule has 2 aromatic rings. The summed E-state index contributed by atoms with van der Waals surface area (Å²) in [6.45, 7) is 12.0. The molecule has 1 aliphatic rings. The molecule has 0 radical (unpaired) electrons. The van der Waals surface area contributed by atoms with Gasteiger partial charge in [0.2, 0.25) is 0 Å². The Bertz CT molecular complexity index is 1160. The van der Waals surface area contributed by atoms with Crippen molar-refractivity contribution in [2.45, 2.75) is 45.6 Å². The maximum absolute atomic E-state index is 14.6. The summed E-state index contributed by atoms with van der Waals surface area (Å²) >= 11 is 0. The molecule has 1 saturated heterocycles. The van der Waals surface area contributed by atoms with Crippen LogP contribution in [0.4, 0.5) is 10.1 Å². The van der Waals surface area contributed by atoms with Crippen LogP contribution in [0.15, 0.2) is 71.4 Å². The molecule has 2 heterocycles. The van der Waals surface area contributed by atoms with Gasteiger partial charge in [-0.25, -0.2) is 4.39 Å². The molecule has 1 aromatic carbocycles. The van der Waals surface area contributed by atoms with E-state index in [4.69, 9.17) is 5.73 Å². The van der Waals surface area contributed by atoms with Gasteiger partial charge in [-0.2, -0.15) is 0 Å². The van der Waals surface area contributed by atoms with Crippen LogP contribution in [-0.2, 0) is 0 Å². The van der Waals surface area contributed by atoms with E-state index in [1.807, 2.05) is 18.2 Å². The second-order valence-corrected chi connectivity index (χ2v) is 9.16. The highest BCUT2D eigenvalue weighted by atomic mass is 19.1. The first-order chi connectivity index (χ1) is 16.7. The number of carbonyl (C=O) groups is 1. The molecule has 0 saturated carbocycles. The van der Waals surface area contributed by atoms with Crippen LogP contribution < -0.4 is 5.73 Å². The Morgan fingerprint density at radius 1 is 1.26 bits per heavy atom. The predicted molar refractivity (Wildman–Crippen MR) is 143 cm³/mol. The smallest absolute Gasteiger partial charge is 0.159 e. The summed E-state index contributed by atoms with van der Waals surface area (Å²) in [4.78, 5) is 22.2. The van der Waals surface area contributed by atoms with Gasteiger partial charge in [0.25, 0.3) is 0 Å². The number of pyridine rings is 1. The van der Waals surface area contributed by atoms with Gasteiger partial charge in [0, 0.05) is 36.5 Å². The van der Waals surface area contributed by atoms with Crippen LogP contribution >= 0.6 is 0 Å². The van der Waals surface area contributed by atoms with E-state index >= 15 is 0 Å². The van der Waals surface area contributed by atoms with Crippen molar-refractivity contribution >= 4 is 23.3 Å². The Morgan fingerprint density at radius 2 is 1.91 bits per heavy atom. The number of hydrogen-bond donors (Lipinski definition) is 1. The van der Waals surface area contributed by atoms with Gasteiger partial charge < -0.3 is 5.73 Å². The Labute approximate surface area is 208 Å². The molecule has 1 aliphatic heterocycles. The lowest BCUT2D eigenvalue weighted by atomic mass is 9.87. The van der Waals surface area contributed by atoms with Crippen molar-refractivity contribution in [1.29, 1.82) is 0 Å². The summed E-state index contributed by atoms with van der Waals surface area (Å²) in [7, 11) is 1.66. The zero-order chi connectivity index (χ0) is 25.5. The number of piperidine rings is 1. The number of allylic oxidation sites excluding steroid dienone is 4. The van der Waals surface area contributed by atoms with E-state index < -0.39 is 5.82 Å². The number of benzene rings is 1. The lowest BCUT2D eigenvalue weighted by molar-refractivity contribution is 0.101. The number of rotatable bonds is 8. The van der Waals surface area contributed by atoms with Crippen molar-refractivity contribution in [2.24, 2.45) is 4.99 Å².